The van der Waals surface area contributed by atoms with Gasteiger partial charge >= 0.3 is 0 Å². The van der Waals surface area contributed by atoms with E-state index in [0.29, 0.717) is 19.7 Å². The minimum atomic E-state index is 0.0465. The van der Waals surface area contributed by atoms with Crippen molar-refractivity contribution in [2.45, 2.75) is 13.3 Å². The molecule has 0 aromatic rings. The van der Waals surface area contributed by atoms with Crippen molar-refractivity contribution in [3.63, 3.8) is 0 Å². The third-order valence-corrected chi connectivity index (χ3v) is 1.83. The fraction of sp³-hybridized carbons (Fsp3) is 0.700. The van der Waals surface area contributed by atoms with E-state index in [9.17, 15) is 4.79 Å². The number of ketones is 1. The number of rotatable bonds is 7. The molecule has 0 aromatic heterocycles. The van der Waals surface area contributed by atoms with Gasteiger partial charge in [0.15, 0.2) is 0 Å². The van der Waals surface area contributed by atoms with Gasteiger partial charge in [-0.25, -0.2) is 0 Å². The molecule has 0 amide bonds. The smallest absolute Gasteiger partial charge is 0.149 e. The Morgan fingerprint density at radius 3 is 2.92 bits per heavy atom. The van der Waals surface area contributed by atoms with Gasteiger partial charge in [0, 0.05) is 19.6 Å². The molecule has 0 aliphatic rings. The number of Topliss-reactive ketones (excluding diaryl/α,β-unsaturated/α-hetero) is 1. The van der Waals surface area contributed by atoms with Crippen molar-refractivity contribution in [1.82, 2.24) is 5.32 Å². The van der Waals surface area contributed by atoms with Crippen LogP contribution in [0.15, 0.2) is 0 Å². The molecule has 0 saturated carbocycles. The average Bonchev–Trinajstić information content (AvgIpc) is 2.14. The number of hydrogen-bond acceptors (Lipinski definition) is 3. The maximum atomic E-state index is 11.3. The van der Waals surface area contributed by atoms with E-state index in [2.05, 4.69) is 11.2 Å². The van der Waals surface area contributed by atoms with Crippen LogP contribution in [0.2, 0.25) is 0 Å². The summed E-state index contributed by atoms with van der Waals surface area (Å²) in [6, 6.07) is 0. The van der Waals surface area contributed by atoms with Crippen molar-refractivity contribution in [3.05, 3.63) is 0 Å². The van der Waals surface area contributed by atoms with Crippen LogP contribution in [0.1, 0.15) is 13.3 Å². The predicted octanol–water partition coefficient (Wildman–Crippen LogP) is 0.451. The second kappa shape index (κ2) is 7.78. The van der Waals surface area contributed by atoms with Gasteiger partial charge in [-0.2, -0.15) is 0 Å². The molecule has 0 saturated heterocycles. The van der Waals surface area contributed by atoms with Crippen LogP contribution in [0.3, 0.4) is 0 Å². The highest BCUT2D eigenvalue weighted by molar-refractivity contribution is 5.82. The molecule has 3 heteroatoms. The number of ether oxygens (including phenoxy) is 1. The van der Waals surface area contributed by atoms with Crippen LogP contribution in [0, 0.1) is 18.3 Å². The van der Waals surface area contributed by atoms with Crippen molar-refractivity contribution in [3.8, 4) is 12.3 Å². The molecule has 3 nitrogen and oxygen atoms in total. The minimum Gasteiger partial charge on any atom is -0.385 e. The van der Waals surface area contributed by atoms with Crippen LogP contribution >= 0.6 is 0 Å². The molecule has 0 fully saturated rings. The molecule has 1 N–H and O–H groups in total. The van der Waals surface area contributed by atoms with Gasteiger partial charge in [-0.05, 0) is 6.42 Å². The molecule has 0 heterocycles. The van der Waals surface area contributed by atoms with Gasteiger partial charge in [0.1, 0.15) is 5.78 Å². The third-order valence-electron chi connectivity index (χ3n) is 1.83. The summed E-state index contributed by atoms with van der Waals surface area (Å²) < 4.78 is 4.88. The predicted molar refractivity (Wildman–Crippen MR) is 52.4 cm³/mol. The highest BCUT2D eigenvalue weighted by Crippen LogP contribution is 2.02. The Labute approximate surface area is 79.8 Å². The zero-order valence-electron chi connectivity index (χ0n) is 8.30. The average molecular weight is 183 g/mol. The maximum Gasteiger partial charge on any atom is 0.149 e. The van der Waals surface area contributed by atoms with Gasteiger partial charge in [0.2, 0.25) is 0 Å². The topological polar surface area (TPSA) is 38.3 Å². The van der Waals surface area contributed by atoms with Crippen LogP contribution in [0.25, 0.3) is 0 Å². The first-order valence-electron chi connectivity index (χ1n) is 4.38. The highest BCUT2D eigenvalue weighted by Gasteiger charge is 2.11. The first-order valence-corrected chi connectivity index (χ1v) is 4.38. The summed E-state index contributed by atoms with van der Waals surface area (Å²) in [5, 5.41) is 2.87. The fourth-order valence-corrected chi connectivity index (χ4v) is 0.888. The molecule has 0 bridgehead atoms. The van der Waals surface area contributed by atoms with Gasteiger partial charge in [0.25, 0.3) is 0 Å². The molecule has 0 aliphatic carbocycles. The van der Waals surface area contributed by atoms with E-state index in [-0.39, 0.29) is 11.7 Å². The summed E-state index contributed by atoms with van der Waals surface area (Å²) in [4.78, 5) is 11.3. The van der Waals surface area contributed by atoms with Crippen molar-refractivity contribution < 1.29 is 9.53 Å². The van der Waals surface area contributed by atoms with E-state index < -0.39 is 0 Å². The largest absolute Gasteiger partial charge is 0.385 e. The minimum absolute atomic E-state index is 0.0465. The molecule has 0 radical (unpaired) electrons. The Kier molecular flexibility index (Phi) is 7.27. The van der Waals surface area contributed by atoms with Crippen LogP contribution in [-0.2, 0) is 9.53 Å². The molecule has 13 heavy (non-hydrogen) atoms. The molecule has 1 unspecified atom stereocenters. The number of methoxy groups -OCH3 is 1. The van der Waals surface area contributed by atoms with Crippen LogP contribution in [-0.4, -0.2) is 32.6 Å². The first-order chi connectivity index (χ1) is 6.22. The SMILES string of the molecule is C#CCNCC(=O)C(C)CCOC. The van der Waals surface area contributed by atoms with Crippen molar-refractivity contribution in [2.75, 3.05) is 26.8 Å². The molecule has 0 aromatic carbocycles. The lowest BCUT2D eigenvalue weighted by Crippen LogP contribution is -2.28. The Balaban J connectivity index is 3.52. The van der Waals surface area contributed by atoms with Crippen LogP contribution in [0.5, 0.6) is 0 Å². The van der Waals surface area contributed by atoms with E-state index >= 15 is 0 Å². The Bertz CT molecular complexity index is 184. The third kappa shape index (κ3) is 6.32. The summed E-state index contributed by atoms with van der Waals surface area (Å²) >= 11 is 0. The van der Waals surface area contributed by atoms with Crippen molar-refractivity contribution in [2.24, 2.45) is 5.92 Å². The summed E-state index contributed by atoms with van der Waals surface area (Å²) in [7, 11) is 1.63. The Morgan fingerprint density at radius 1 is 1.69 bits per heavy atom. The zero-order chi connectivity index (χ0) is 10.1. The van der Waals surface area contributed by atoms with Gasteiger partial charge in [-0.15, -0.1) is 6.42 Å². The van der Waals surface area contributed by atoms with Crippen LogP contribution in [0.4, 0.5) is 0 Å². The standard InChI is InChI=1S/C10H17NO2/c1-4-6-11-8-10(12)9(2)5-7-13-3/h1,9,11H,5-8H2,2-3H3. The molecular formula is C10H17NO2. The second-order valence-electron chi connectivity index (χ2n) is 2.96. The zero-order valence-corrected chi connectivity index (χ0v) is 8.30. The molecule has 0 spiro atoms. The van der Waals surface area contributed by atoms with E-state index in [1.807, 2.05) is 6.92 Å². The van der Waals surface area contributed by atoms with E-state index in [1.165, 1.54) is 0 Å². The first kappa shape index (κ1) is 12.2. The lowest BCUT2D eigenvalue weighted by molar-refractivity contribution is -0.121. The fourth-order valence-electron chi connectivity index (χ4n) is 0.888. The summed E-state index contributed by atoms with van der Waals surface area (Å²) in [6.07, 6.45) is 5.80. The normalized spacial score (nSPS) is 12.1. The molecule has 74 valence electrons. The van der Waals surface area contributed by atoms with Gasteiger partial charge in [-0.3, -0.25) is 10.1 Å². The molecule has 0 aliphatic heterocycles. The number of nitrogens with one attached hydrogen (secondary N) is 1. The monoisotopic (exact) mass is 183 g/mol. The lowest BCUT2D eigenvalue weighted by Gasteiger charge is -2.09. The number of hydrogen-bond donors (Lipinski definition) is 1. The molecule has 1 atom stereocenters. The molecular weight excluding hydrogens is 166 g/mol. The summed E-state index contributed by atoms with van der Waals surface area (Å²) in [5.41, 5.74) is 0. The van der Waals surface area contributed by atoms with E-state index in [0.717, 1.165) is 6.42 Å². The second-order valence-corrected chi connectivity index (χ2v) is 2.96. The van der Waals surface area contributed by atoms with Gasteiger partial charge < -0.3 is 4.74 Å². The maximum absolute atomic E-state index is 11.3. The number of carbonyl (C=O) groups excluding carboxylic acids is 1. The molecule has 0 rings (SSSR count). The Morgan fingerprint density at radius 2 is 2.38 bits per heavy atom. The number of terminal acetylenes is 1. The Hall–Kier alpha value is -0.850. The van der Waals surface area contributed by atoms with Crippen molar-refractivity contribution in [1.29, 1.82) is 0 Å². The van der Waals surface area contributed by atoms with E-state index in [4.69, 9.17) is 11.2 Å². The number of carbonyl (C=O) groups is 1. The van der Waals surface area contributed by atoms with Crippen LogP contribution < -0.4 is 5.32 Å². The van der Waals surface area contributed by atoms with Crippen molar-refractivity contribution >= 4 is 5.78 Å². The lowest BCUT2D eigenvalue weighted by atomic mass is 10.0. The summed E-state index contributed by atoms with van der Waals surface area (Å²) in [5.74, 6) is 2.65. The van der Waals surface area contributed by atoms with E-state index in [1.54, 1.807) is 7.11 Å². The van der Waals surface area contributed by atoms with Gasteiger partial charge in [0.05, 0.1) is 13.1 Å². The van der Waals surface area contributed by atoms with Gasteiger partial charge in [-0.1, -0.05) is 12.8 Å². The highest BCUT2D eigenvalue weighted by atomic mass is 16.5. The summed E-state index contributed by atoms with van der Waals surface area (Å²) in [6.45, 7) is 3.33. The quantitative estimate of drug-likeness (QED) is 0.460.